The van der Waals surface area contributed by atoms with Crippen molar-refractivity contribution in [3.8, 4) is 0 Å². The zero-order valence-corrected chi connectivity index (χ0v) is 11.0. The van der Waals surface area contributed by atoms with Gasteiger partial charge in [-0.2, -0.15) is 0 Å². The summed E-state index contributed by atoms with van der Waals surface area (Å²) in [6, 6.07) is 11.1. The van der Waals surface area contributed by atoms with Gasteiger partial charge in [-0.1, -0.05) is 18.2 Å². The summed E-state index contributed by atoms with van der Waals surface area (Å²) in [6.45, 7) is 6.92. The molecule has 0 aliphatic heterocycles. The minimum atomic E-state index is -0.190. The van der Waals surface area contributed by atoms with E-state index >= 15 is 0 Å². The van der Waals surface area contributed by atoms with E-state index in [0.717, 1.165) is 17.8 Å². The second-order valence-electron chi connectivity index (χ2n) is 4.67. The van der Waals surface area contributed by atoms with E-state index in [1.54, 1.807) is 12.1 Å². The molecule has 1 nitrogen and oxygen atoms in total. The molecule has 2 heteroatoms. The zero-order chi connectivity index (χ0) is 13.1. The lowest BCUT2D eigenvalue weighted by Crippen LogP contribution is -2.03. The van der Waals surface area contributed by atoms with Crippen LogP contribution in [-0.2, 0) is 6.54 Å². The normalized spacial score (nSPS) is 10.4. The third-order valence-corrected chi connectivity index (χ3v) is 3.37. The first kappa shape index (κ1) is 12.6. The molecule has 0 aliphatic carbocycles. The molecule has 0 spiro atoms. The van der Waals surface area contributed by atoms with E-state index in [4.69, 9.17) is 0 Å². The Balaban J connectivity index is 2.14. The fourth-order valence-corrected chi connectivity index (χ4v) is 2.02. The van der Waals surface area contributed by atoms with Crippen LogP contribution in [0.3, 0.4) is 0 Å². The predicted octanol–water partition coefficient (Wildman–Crippen LogP) is 4.36. The van der Waals surface area contributed by atoms with Gasteiger partial charge in [0.1, 0.15) is 5.82 Å². The summed E-state index contributed by atoms with van der Waals surface area (Å²) in [5, 5.41) is 3.36. The maximum Gasteiger partial charge on any atom is 0.123 e. The molecule has 0 heterocycles. The number of rotatable bonds is 3. The molecule has 0 amide bonds. The Morgan fingerprint density at radius 2 is 1.78 bits per heavy atom. The standard InChI is InChI=1S/C16H18FN/c1-11-5-4-6-14(13(11)3)10-18-16-8-7-15(17)9-12(16)2/h4-9,18H,10H2,1-3H3. The molecule has 0 atom stereocenters. The Morgan fingerprint density at radius 3 is 2.50 bits per heavy atom. The number of nitrogens with one attached hydrogen (secondary N) is 1. The maximum atomic E-state index is 13.0. The van der Waals surface area contributed by atoms with E-state index in [9.17, 15) is 4.39 Å². The molecule has 2 aromatic rings. The highest BCUT2D eigenvalue weighted by atomic mass is 19.1. The smallest absolute Gasteiger partial charge is 0.123 e. The quantitative estimate of drug-likeness (QED) is 0.844. The van der Waals surface area contributed by atoms with Crippen LogP contribution in [0.5, 0.6) is 0 Å². The van der Waals surface area contributed by atoms with Gasteiger partial charge in [0.25, 0.3) is 0 Å². The minimum Gasteiger partial charge on any atom is -0.381 e. The fraction of sp³-hybridized carbons (Fsp3) is 0.250. The third kappa shape index (κ3) is 2.70. The van der Waals surface area contributed by atoms with Gasteiger partial charge in [-0.25, -0.2) is 4.39 Å². The second-order valence-corrected chi connectivity index (χ2v) is 4.67. The van der Waals surface area contributed by atoms with Crippen molar-refractivity contribution in [3.63, 3.8) is 0 Å². The molecule has 0 aromatic heterocycles. The van der Waals surface area contributed by atoms with Gasteiger partial charge in [-0.05, 0) is 61.2 Å². The topological polar surface area (TPSA) is 12.0 Å². The van der Waals surface area contributed by atoms with E-state index in [2.05, 4.69) is 37.4 Å². The monoisotopic (exact) mass is 243 g/mol. The first-order chi connectivity index (χ1) is 8.58. The fourth-order valence-electron chi connectivity index (χ4n) is 2.02. The van der Waals surface area contributed by atoms with Crippen molar-refractivity contribution in [3.05, 3.63) is 64.5 Å². The van der Waals surface area contributed by atoms with Crippen molar-refractivity contribution >= 4 is 5.69 Å². The molecule has 0 saturated heterocycles. The van der Waals surface area contributed by atoms with Crippen molar-refractivity contribution in [1.29, 1.82) is 0 Å². The molecule has 94 valence electrons. The van der Waals surface area contributed by atoms with Crippen LogP contribution >= 0.6 is 0 Å². The number of anilines is 1. The van der Waals surface area contributed by atoms with Crippen molar-refractivity contribution in [2.24, 2.45) is 0 Å². The van der Waals surface area contributed by atoms with E-state index in [1.165, 1.54) is 22.8 Å². The molecule has 0 bridgehead atoms. The molecule has 0 fully saturated rings. The van der Waals surface area contributed by atoms with Gasteiger partial charge in [-0.15, -0.1) is 0 Å². The van der Waals surface area contributed by atoms with Gasteiger partial charge in [0, 0.05) is 12.2 Å². The van der Waals surface area contributed by atoms with Crippen LogP contribution in [0.25, 0.3) is 0 Å². The van der Waals surface area contributed by atoms with Gasteiger partial charge in [0.15, 0.2) is 0 Å². The molecule has 2 rings (SSSR count). The average molecular weight is 243 g/mol. The van der Waals surface area contributed by atoms with Crippen LogP contribution in [0.15, 0.2) is 36.4 Å². The first-order valence-corrected chi connectivity index (χ1v) is 6.13. The Labute approximate surface area is 108 Å². The lowest BCUT2D eigenvalue weighted by Gasteiger charge is -2.12. The van der Waals surface area contributed by atoms with E-state index in [0.29, 0.717) is 0 Å². The summed E-state index contributed by atoms with van der Waals surface area (Å²) < 4.78 is 13.0. The summed E-state index contributed by atoms with van der Waals surface area (Å²) in [4.78, 5) is 0. The van der Waals surface area contributed by atoms with Crippen LogP contribution in [0.1, 0.15) is 22.3 Å². The van der Waals surface area contributed by atoms with Gasteiger partial charge in [-0.3, -0.25) is 0 Å². The summed E-state index contributed by atoms with van der Waals surface area (Å²) in [6.07, 6.45) is 0. The van der Waals surface area contributed by atoms with E-state index in [-0.39, 0.29) is 5.82 Å². The van der Waals surface area contributed by atoms with Crippen LogP contribution in [0, 0.1) is 26.6 Å². The van der Waals surface area contributed by atoms with Gasteiger partial charge >= 0.3 is 0 Å². The highest BCUT2D eigenvalue weighted by molar-refractivity contribution is 5.51. The van der Waals surface area contributed by atoms with Crippen molar-refractivity contribution < 1.29 is 4.39 Å². The zero-order valence-electron chi connectivity index (χ0n) is 11.0. The van der Waals surface area contributed by atoms with Gasteiger partial charge < -0.3 is 5.32 Å². The number of halogens is 1. The Morgan fingerprint density at radius 1 is 1.00 bits per heavy atom. The minimum absolute atomic E-state index is 0.190. The number of hydrogen-bond donors (Lipinski definition) is 1. The molecule has 2 aromatic carbocycles. The second kappa shape index (κ2) is 5.21. The lowest BCUT2D eigenvalue weighted by molar-refractivity contribution is 0.627. The predicted molar refractivity (Wildman–Crippen MR) is 74.4 cm³/mol. The molecular formula is C16H18FN. The van der Waals surface area contributed by atoms with Crippen molar-refractivity contribution in [2.45, 2.75) is 27.3 Å². The maximum absolute atomic E-state index is 13.0. The Kier molecular flexibility index (Phi) is 3.66. The summed E-state index contributed by atoms with van der Waals surface area (Å²) in [5.74, 6) is -0.190. The van der Waals surface area contributed by atoms with E-state index in [1.807, 2.05) is 6.92 Å². The van der Waals surface area contributed by atoms with Crippen molar-refractivity contribution in [1.82, 2.24) is 0 Å². The summed E-state index contributed by atoms with van der Waals surface area (Å²) in [5.41, 5.74) is 5.80. The average Bonchev–Trinajstić information content (AvgIpc) is 2.33. The SMILES string of the molecule is Cc1cc(F)ccc1NCc1cccc(C)c1C. The molecule has 0 aliphatic rings. The number of aryl methyl sites for hydroxylation is 2. The molecule has 0 unspecified atom stereocenters. The molecular weight excluding hydrogens is 225 g/mol. The summed E-state index contributed by atoms with van der Waals surface area (Å²) >= 11 is 0. The third-order valence-electron chi connectivity index (χ3n) is 3.37. The van der Waals surface area contributed by atoms with Crippen LogP contribution < -0.4 is 5.32 Å². The Hall–Kier alpha value is -1.83. The van der Waals surface area contributed by atoms with E-state index < -0.39 is 0 Å². The number of benzene rings is 2. The molecule has 1 N–H and O–H groups in total. The van der Waals surface area contributed by atoms with Crippen LogP contribution in [-0.4, -0.2) is 0 Å². The highest BCUT2D eigenvalue weighted by Gasteiger charge is 2.03. The molecule has 0 radical (unpaired) electrons. The van der Waals surface area contributed by atoms with Crippen molar-refractivity contribution in [2.75, 3.05) is 5.32 Å². The molecule has 0 saturated carbocycles. The number of hydrogen-bond acceptors (Lipinski definition) is 1. The van der Waals surface area contributed by atoms with Gasteiger partial charge in [0.2, 0.25) is 0 Å². The first-order valence-electron chi connectivity index (χ1n) is 6.13. The highest BCUT2D eigenvalue weighted by Crippen LogP contribution is 2.18. The van der Waals surface area contributed by atoms with Gasteiger partial charge in [0.05, 0.1) is 0 Å². The van der Waals surface area contributed by atoms with Crippen LogP contribution in [0.2, 0.25) is 0 Å². The van der Waals surface area contributed by atoms with Crippen LogP contribution in [0.4, 0.5) is 10.1 Å². The lowest BCUT2D eigenvalue weighted by atomic mass is 10.0. The molecule has 18 heavy (non-hydrogen) atoms. The Bertz CT molecular complexity index is 561. The summed E-state index contributed by atoms with van der Waals surface area (Å²) in [7, 11) is 0. The largest absolute Gasteiger partial charge is 0.381 e.